The molecule has 2 aromatic rings. The Morgan fingerprint density at radius 3 is 2.26 bits per heavy atom. The van der Waals surface area contributed by atoms with Crippen LogP contribution in [-0.4, -0.2) is 51.9 Å². The van der Waals surface area contributed by atoms with Gasteiger partial charge in [-0.05, 0) is 29.7 Å². The largest absolute Gasteiger partial charge is 0.396 e. The number of nitrogens with zero attached hydrogens (tertiary/aromatic N) is 2. The van der Waals surface area contributed by atoms with Crippen molar-refractivity contribution >= 4 is 35.6 Å². The molecule has 0 heterocycles. The maximum absolute atomic E-state index is 9.65. The van der Waals surface area contributed by atoms with Crippen LogP contribution in [0.15, 0.2) is 59.6 Å². The first-order valence-electron chi connectivity index (χ1n) is 9.00. The Hall–Kier alpha value is -1.80. The fourth-order valence-electron chi connectivity index (χ4n) is 2.74. The maximum atomic E-state index is 9.65. The van der Waals surface area contributed by atoms with Crippen LogP contribution in [0.3, 0.4) is 0 Å². The molecule has 0 radical (unpaired) electrons. The Balaban J connectivity index is 0.00000364. The highest BCUT2D eigenvalue weighted by atomic mass is 127. The molecule has 5 nitrogen and oxygen atoms in total. The first-order chi connectivity index (χ1) is 12.6. The Morgan fingerprint density at radius 2 is 1.70 bits per heavy atom. The van der Waals surface area contributed by atoms with E-state index in [0.717, 1.165) is 24.5 Å². The minimum absolute atomic E-state index is 0. The number of aliphatic imine (C=N–C) groups is 1. The highest BCUT2D eigenvalue weighted by Crippen LogP contribution is 2.14. The van der Waals surface area contributed by atoms with Crippen LogP contribution in [0, 0.1) is 0 Å². The van der Waals surface area contributed by atoms with Gasteiger partial charge in [0.05, 0.1) is 6.61 Å². The summed E-state index contributed by atoms with van der Waals surface area (Å²) < 4.78 is 0. The molecule has 0 spiro atoms. The van der Waals surface area contributed by atoms with Crippen LogP contribution in [0.2, 0.25) is 0 Å². The number of aliphatic hydroxyl groups is 1. The van der Waals surface area contributed by atoms with Crippen molar-refractivity contribution in [2.75, 3.05) is 45.7 Å². The van der Waals surface area contributed by atoms with Gasteiger partial charge < -0.3 is 20.6 Å². The SMILES string of the molecule is CN=C(NCCc1ccc(N(C)C)cc1)NCC(CO)c1ccccc1.I. The van der Waals surface area contributed by atoms with Crippen LogP contribution in [0.1, 0.15) is 17.0 Å². The van der Waals surface area contributed by atoms with Crippen molar-refractivity contribution in [1.29, 1.82) is 0 Å². The molecule has 6 heteroatoms. The molecular formula is C21H31IN4O. The van der Waals surface area contributed by atoms with E-state index in [2.05, 4.69) is 44.8 Å². The van der Waals surface area contributed by atoms with E-state index < -0.39 is 0 Å². The Morgan fingerprint density at radius 1 is 1.04 bits per heavy atom. The number of hydrogen-bond donors (Lipinski definition) is 3. The van der Waals surface area contributed by atoms with Crippen LogP contribution in [-0.2, 0) is 6.42 Å². The average Bonchev–Trinajstić information content (AvgIpc) is 2.68. The van der Waals surface area contributed by atoms with Gasteiger partial charge in [0, 0.05) is 45.8 Å². The quantitative estimate of drug-likeness (QED) is 0.308. The summed E-state index contributed by atoms with van der Waals surface area (Å²) in [4.78, 5) is 6.36. The van der Waals surface area contributed by atoms with E-state index in [-0.39, 0.29) is 36.5 Å². The molecule has 0 aliphatic rings. The molecule has 2 aromatic carbocycles. The normalized spacial score (nSPS) is 12.1. The van der Waals surface area contributed by atoms with Crippen LogP contribution in [0.25, 0.3) is 0 Å². The van der Waals surface area contributed by atoms with Gasteiger partial charge in [-0.3, -0.25) is 4.99 Å². The summed E-state index contributed by atoms with van der Waals surface area (Å²) in [6.07, 6.45) is 0.927. The smallest absolute Gasteiger partial charge is 0.191 e. The van der Waals surface area contributed by atoms with Gasteiger partial charge in [0.25, 0.3) is 0 Å². The Bertz CT molecular complexity index is 674. The molecule has 0 saturated heterocycles. The third kappa shape index (κ3) is 7.76. The van der Waals surface area contributed by atoms with Gasteiger partial charge in [-0.2, -0.15) is 0 Å². The number of benzene rings is 2. The highest BCUT2D eigenvalue weighted by Gasteiger charge is 2.10. The van der Waals surface area contributed by atoms with E-state index >= 15 is 0 Å². The first-order valence-corrected chi connectivity index (χ1v) is 9.00. The van der Waals surface area contributed by atoms with E-state index in [4.69, 9.17) is 0 Å². The second-order valence-electron chi connectivity index (χ2n) is 6.48. The lowest BCUT2D eigenvalue weighted by Gasteiger charge is -2.18. The molecule has 0 amide bonds. The minimum Gasteiger partial charge on any atom is -0.396 e. The summed E-state index contributed by atoms with van der Waals surface area (Å²) in [6, 6.07) is 18.6. The predicted molar refractivity (Wildman–Crippen MR) is 126 cm³/mol. The van der Waals surface area contributed by atoms with E-state index in [1.54, 1.807) is 7.05 Å². The summed E-state index contributed by atoms with van der Waals surface area (Å²) in [6.45, 7) is 1.54. The third-order valence-electron chi connectivity index (χ3n) is 4.39. The second kappa shape index (κ2) is 12.6. The van der Waals surface area contributed by atoms with Crippen LogP contribution < -0.4 is 15.5 Å². The molecule has 27 heavy (non-hydrogen) atoms. The molecule has 2 rings (SSSR count). The first kappa shape index (κ1) is 23.2. The molecular weight excluding hydrogens is 451 g/mol. The second-order valence-corrected chi connectivity index (χ2v) is 6.48. The standard InChI is InChI=1S/C21H30N4O.HI/c1-22-21(24-15-19(16-26)18-7-5-4-6-8-18)23-14-13-17-9-11-20(12-10-17)25(2)3;/h4-12,19,26H,13-16H2,1-3H3,(H2,22,23,24);1H. The lowest BCUT2D eigenvalue weighted by molar-refractivity contribution is 0.265. The predicted octanol–water partition coefficient (Wildman–Crippen LogP) is 2.85. The van der Waals surface area contributed by atoms with Gasteiger partial charge >= 0.3 is 0 Å². The summed E-state index contributed by atoms with van der Waals surface area (Å²) in [5.41, 5.74) is 3.62. The van der Waals surface area contributed by atoms with E-state index in [1.807, 2.05) is 44.4 Å². The number of rotatable bonds is 8. The van der Waals surface area contributed by atoms with Crippen molar-refractivity contribution in [3.8, 4) is 0 Å². The molecule has 0 aromatic heterocycles. The van der Waals surface area contributed by atoms with Crippen molar-refractivity contribution in [2.45, 2.75) is 12.3 Å². The van der Waals surface area contributed by atoms with E-state index in [1.165, 1.54) is 11.3 Å². The molecule has 148 valence electrons. The lowest BCUT2D eigenvalue weighted by Crippen LogP contribution is -2.40. The summed E-state index contributed by atoms with van der Waals surface area (Å²) in [5.74, 6) is 0.803. The van der Waals surface area contributed by atoms with Gasteiger partial charge in [0.1, 0.15) is 0 Å². The average molecular weight is 482 g/mol. The molecule has 0 aliphatic carbocycles. The topological polar surface area (TPSA) is 59.9 Å². The van der Waals surface area contributed by atoms with Gasteiger partial charge in [-0.1, -0.05) is 42.5 Å². The lowest BCUT2D eigenvalue weighted by atomic mass is 10.0. The summed E-state index contributed by atoms with van der Waals surface area (Å²) >= 11 is 0. The molecule has 3 N–H and O–H groups in total. The van der Waals surface area contributed by atoms with Gasteiger partial charge in [0.15, 0.2) is 5.96 Å². The number of nitrogens with one attached hydrogen (secondary N) is 2. The van der Waals surface area contributed by atoms with Gasteiger partial charge in [-0.15, -0.1) is 24.0 Å². The fraction of sp³-hybridized carbons (Fsp3) is 0.381. The Labute approximate surface area is 179 Å². The highest BCUT2D eigenvalue weighted by molar-refractivity contribution is 14.0. The van der Waals surface area contributed by atoms with E-state index in [9.17, 15) is 5.11 Å². The van der Waals surface area contributed by atoms with Crippen LogP contribution >= 0.6 is 24.0 Å². The van der Waals surface area contributed by atoms with Gasteiger partial charge in [0.2, 0.25) is 0 Å². The van der Waals surface area contributed by atoms with Crippen molar-refractivity contribution in [3.05, 3.63) is 65.7 Å². The zero-order chi connectivity index (χ0) is 18.8. The monoisotopic (exact) mass is 482 g/mol. The van der Waals surface area contributed by atoms with Crippen molar-refractivity contribution in [2.24, 2.45) is 4.99 Å². The number of hydrogen-bond acceptors (Lipinski definition) is 3. The number of guanidine groups is 1. The molecule has 0 fully saturated rings. The van der Waals surface area contributed by atoms with Crippen molar-refractivity contribution in [3.63, 3.8) is 0 Å². The third-order valence-corrected chi connectivity index (χ3v) is 4.39. The maximum Gasteiger partial charge on any atom is 0.191 e. The summed E-state index contributed by atoms with van der Waals surface area (Å²) in [7, 11) is 5.85. The summed E-state index contributed by atoms with van der Waals surface area (Å²) in [5, 5.41) is 16.3. The van der Waals surface area contributed by atoms with Crippen LogP contribution in [0.4, 0.5) is 5.69 Å². The van der Waals surface area contributed by atoms with Crippen molar-refractivity contribution in [1.82, 2.24) is 10.6 Å². The molecule has 0 aliphatic heterocycles. The van der Waals surface area contributed by atoms with Gasteiger partial charge in [-0.25, -0.2) is 0 Å². The Kier molecular flexibility index (Phi) is 10.8. The van der Waals surface area contributed by atoms with Crippen LogP contribution in [0.5, 0.6) is 0 Å². The molecule has 1 unspecified atom stereocenters. The molecule has 0 saturated carbocycles. The molecule has 0 bridgehead atoms. The van der Waals surface area contributed by atoms with Crippen molar-refractivity contribution < 1.29 is 5.11 Å². The zero-order valence-corrected chi connectivity index (χ0v) is 18.7. The van der Waals surface area contributed by atoms with E-state index in [0.29, 0.717) is 6.54 Å². The molecule has 1 atom stereocenters. The minimum atomic E-state index is 0. The number of halogens is 1. The fourth-order valence-corrected chi connectivity index (χ4v) is 2.74. The number of aliphatic hydroxyl groups excluding tert-OH is 1. The zero-order valence-electron chi connectivity index (χ0n) is 16.4. The number of anilines is 1.